The fourth-order valence-electron chi connectivity index (χ4n) is 1.08. The van der Waals surface area contributed by atoms with Gasteiger partial charge in [0.25, 0.3) is 0 Å². The normalized spacial score (nSPS) is 12.3. The van der Waals surface area contributed by atoms with Gasteiger partial charge in [0, 0.05) is 5.75 Å². The largest absolute Gasteiger partial charge is 0.508 e. The fraction of sp³-hybridized carbons (Fsp3) is 0.200. The molecule has 82 valence electrons. The summed E-state index contributed by atoms with van der Waals surface area (Å²) < 4.78 is 37.0. The minimum Gasteiger partial charge on any atom is -0.508 e. The van der Waals surface area contributed by atoms with E-state index in [1.807, 2.05) is 0 Å². The molecule has 1 aromatic rings. The highest BCUT2D eigenvalue weighted by Gasteiger charge is 2.31. The van der Waals surface area contributed by atoms with Crippen LogP contribution in [-0.4, -0.2) is 10.9 Å². The molecule has 0 aliphatic carbocycles. The first-order chi connectivity index (χ1) is 6.93. The highest BCUT2D eigenvalue weighted by Crippen LogP contribution is 2.32. The van der Waals surface area contributed by atoms with Gasteiger partial charge in [-0.1, -0.05) is 12.2 Å². The molecule has 0 aliphatic rings. The smallest absolute Gasteiger partial charge is 0.416 e. The lowest BCUT2D eigenvalue weighted by Crippen LogP contribution is -2.04. The Morgan fingerprint density at radius 3 is 2.47 bits per heavy atom. The Morgan fingerprint density at radius 2 is 1.93 bits per heavy atom. The van der Waals surface area contributed by atoms with Crippen LogP contribution in [-0.2, 0) is 6.18 Å². The Labute approximate surface area is 90.6 Å². The predicted molar refractivity (Wildman–Crippen MR) is 56.0 cm³/mol. The summed E-state index contributed by atoms with van der Waals surface area (Å²) in [6.45, 7) is 0. The van der Waals surface area contributed by atoms with Crippen molar-refractivity contribution in [3.05, 3.63) is 35.4 Å². The number of aromatic hydroxyl groups is 1. The Morgan fingerprint density at radius 1 is 1.27 bits per heavy atom. The molecule has 1 N–H and O–H groups in total. The monoisotopic (exact) mass is 234 g/mol. The molecule has 0 amide bonds. The number of benzene rings is 1. The number of alkyl halides is 3. The van der Waals surface area contributed by atoms with Gasteiger partial charge in [0.2, 0.25) is 0 Å². The molecule has 0 heterocycles. The molecular weight excluding hydrogens is 225 g/mol. The van der Waals surface area contributed by atoms with Crippen LogP contribution in [0.2, 0.25) is 0 Å². The minimum absolute atomic E-state index is 0.302. The summed E-state index contributed by atoms with van der Waals surface area (Å²) in [6, 6.07) is 2.92. The van der Waals surface area contributed by atoms with Crippen LogP contribution in [0.4, 0.5) is 13.2 Å². The van der Waals surface area contributed by atoms with Crippen LogP contribution in [0.3, 0.4) is 0 Å². The van der Waals surface area contributed by atoms with Gasteiger partial charge in [-0.2, -0.15) is 25.8 Å². The van der Waals surface area contributed by atoms with Crippen molar-refractivity contribution in [3.63, 3.8) is 0 Å². The van der Waals surface area contributed by atoms with Crippen LogP contribution in [0, 0.1) is 0 Å². The predicted octanol–water partition coefficient (Wildman–Crippen LogP) is 3.35. The SMILES string of the molecule is Oc1cc(C=CCS)cc(C(F)(F)F)c1. The average molecular weight is 234 g/mol. The highest BCUT2D eigenvalue weighted by molar-refractivity contribution is 7.80. The third-order valence-electron chi connectivity index (χ3n) is 1.68. The quantitative estimate of drug-likeness (QED) is 0.752. The zero-order valence-electron chi connectivity index (χ0n) is 7.62. The number of rotatable bonds is 2. The Hall–Kier alpha value is -1.10. The molecule has 1 rings (SSSR count). The standard InChI is InChI=1S/C10H9F3OS/c11-10(12,13)8-4-7(2-1-3-15)5-9(14)6-8/h1-2,4-6,14-15H,3H2. The van der Waals surface area contributed by atoms with Gasteiger partial charge in [0.15, 0.2) is 0 Å². The van der Waals surface area contributed by atoms with E-state index in [1.54, 1.807) is 6.08 Å². The summed E-state index contributed by atoms with van der Waals surface area (Å²) in [5, 5.41) is 9.10. The van der Waals surface area contributed by atoms with Crippen LogP contribution < -0.4 is 0 Å². The summed E-state index contributed by atoms with van der Waals surface area (Å²) in [5.74, 6) is 0.0282. The maximum absolute atomic E-state index is 12.3. The molecule has 15 heavy (non-hydrogen) atoms. The lowest BCUT2D eigenvalue weighted by atomic mass is 10.1. The summed E-state index contributed by atoms with van der Waals surface area (Å²) in [7, 11) is 0. The van der Waals surface area contributed by atoms with Crippen LogP contribution in [0.15, 0.2) is 24.3 Å². The Bertz CT molecular complexity index is 371. The average Bonchev–Trinajstić information content (AvgIpc) is 2.12. The first-order valence-corrected chi connectivity index (χ1v) is 4.75. The van der Waals surface area contributed by atoms with Crippen molar-refractivity contribution in [2.24, 2.45) is 0 Å². The first kappa shape index (κ1) is 12.0. The number of phenolic OH excluding ortho intramolecular Hbond substituents is 1. The van der Waals surface area contributed by atoms with E-state index in [-0.39, 0.29) is 0 Å². The van der Waals surface area contributed by atoms with Gasteiger partial charge in [0.05, 0.1) is 5.56 Å². The van der Waals surface area contributed by atoms with E-state index in [0.717, 1.165) is 6.07 Å². The van der Waals surface area contributed by atoms with Gasteiger partial charge in [-0.05, 0) is 23.8 Å². The van der Waals surface area contributed by atoms with E-state index in [1.165, 1.54) is 12.1 Å². The van der Waals surface area contributed by atoms with Gasteiger partial charge in [0.1, 0.15) is 5.75 Å². The fourth-order valence-corrected chi connectivity index (χ4v) is 1.19. The molecule has 0 fully saturated rings. The maximum atomic E-state index is 12.3. The zero-order valence-corrected chi connectivity index (χ0v) is 8.52. The number of hydrogen-bond donors (Lipinski definition) is 2. The minimum atomic E-state index is -4.44. The zero-order chi connectivity index (χ0) is 11.5. The van der Waals surface area contributed by atoms with Crippen LogP contribution >= 0.6 is 12.6 Å². The van der Waals surface area contributed by atoms with E-state index in [0.29, 0.717) is 17.4 Å². The van der Waals surface area contributed by atoms with Crippen molar-refractivity contribution in [3.8, 4) is 5.75 Å². The molecule has 5 heteroatoms. The van der Waals surface area contributed by atoms with E-state index in [4.69, 9.17) is 5.11 Å². The molecular formula is C10H9F3OS. The molecule has 0 spiro atoms. The van der Waals surface area contributed by atoms with Crippen molar-refractivity contribution in [2.45, 2.75) is 6.18 Å². The summed E-state index contributed by atoms with van der Waals surface area (Å²) in [5.41, 5.74) is -0.558. The third kappa shape index (κ3) is 3.51. The molecule has 1 nitrogen and oxygen atoms in total. The molecule has 0 aromatic heterocycles. The van der Waals surface area contributed by atoms with E-state index < -0.39 is 17.5 Å². The second-order valence-corrected chi connectivity index (χ2v) is 3.26. The van der Waals surface area contributed by atoms with Gasteiger partial charge < -0.3 is 5.11 Å². The molecule has 0 saturated heterocycles. The van der Waals surface area contributed by atoms with Crippen LogP contribution in [0.25, 0.3) is 6.08 Å². The Kier molecular flexibility index (Phi) is 3.68. The summed E-state index contributed by atoms with van der Waals surface area (Å²) in [4.78, 5) is 0. The number of halogens is 3. The number of hydrogen-bond acceptors (Lipinski definition) is 2. The lowest BCUT2D eigenvalue weighted by molar-refractivity contribution is -0.137. The van der Waals surface area contributed by atoms with Crippen molar-refractivity contribution < 1.29 is 18.3 Å². The number of thiol groups is 1. The van der Waals surface area contributed by atoms with Crippen LogP contribution in [0.1, 0.15) is 11.1 Å². The molecule has 0 aliphatic heterocycles. The maximum Gasteiger partial charge on any atom is 0.416 e. The van der Waals surface area contributed by atoms with Gasteiger partial charge in [-0.25, -0.2) is 0 Å². The van der Waals surface area contributed by atoms with Crippen molar-refractivity contribution >= 4 is 18.7 Å². The third-order valence-corrected chi connectivity index (χ3v) is 1.89. The van der Waals surface area contributed by atoms with Crippen molar-refractivity contribution in [2.75, 3.05) is 5.75 Å². The van der Waals surface area contributed by atoms with Gasteiger partial charge in [-0.3, -0.25) is 0 Å². The van der Waals surface area contributed by atoms with E-state index in [9.17, 15) is 13.2 Å². The molecule has 1 aromatic carbocycles. The topological polar surface area (TPSA) is 20.2 Å². The van der Waals surface area contributed by atoms with E-state index >= 15 is 0 Å². The summed E-state index contributed by atoms with van der Waals surface area (Å²) in [6.07, 6.45) is -1.37. The van der Waals surface area contributed by atoms with Crippen molar-refractivity contribution in [1.82, 2.24) is 0 Å². The second-order valence-electron chi connectivity index (χ2n) is 2.90. The summed E-state index contributed by atoms with van der Waals surface area (Å²) >= 11 is 3.89. The molecule has 0 bridgehead atoms. The molecule has 0 unspecified atom stereocenters. The number of phenols is 1. The highest BCUT2D eigenvalue weighted by atomic mass is 32.1. The molecule has 0 atom stereocenters. The Balaban J connectivity index is 3.11. The van der Waals surface area contributed by atoms with Gasteiger partial charge in [-0.15, -0.1) is 0 Å². The van der Waals surface area contributed by atoms with Crippen LogP contribution in [0.5, 0.6) is 5.75 Å². The van der Waals surface area contributed by atoms with Crippen molar-refractivity contribution in [1.29, 1.82) is 0 Å². The van der Waals surface area contributed by atoms with Gasteiger partial charge >= 0.3 is 6.18 Å². The molecule has 0 radical (unpaired) electrons. The molecule has 0 saturated carbocycles. The van der Waals surface area contributed by atoms with E-state index in [2.05, 4.69) is 12.6 Å². The second kappa shape index (κ2) is 4.61. The first-order valence-electron chi connectivity index (χ1n) is 4.12. The lowest BCUT2D eigenvalue weighted by Gasteiger charge is -2.07.